The molecule has 1 fully saturated rings. The molecule has 0 spiro atoms. The number of benzene rings is 1. The molecular weight excluding hydrogens is 424 g/mol. The van der Waals surface area contributed by atoms with Gasteiger partial charge in [0.15, 0.2) is 6.61 Å². The van der Waals surface area contributed by atoms with Crippen LogP contribution in [0.4, 0.5) is 11.6 Å². The van der Waals surface area contributed by atoms with Gasteiger partial charge < -0.3 is 20.3 Å². The number of hydrogen-bond acceptors (Lipinski definition) is 8. The molecule has 176 valence electrons. The number of piperazine rings is 1. The zero-order chi connectivity index (χ0) is 23.6. The van der Waals surface area contributed by atoms with Crippen LogP contribution in [0.3, 0.4) is 0 Å². The number of amides is 2. The monoisotopic (exact) mass is 454 g/mol. The van der Waals surface area contributed by atoms with Gasteiger partial charge in [-0.25, -0.2) is 9.97 Å². The van der Waals surface area contributed by atoms with Gasteiger partial charge >= 0.3 is 5.97 Å². The number of nitrogens with zero attached hydrogens (tertiary/aromatic N) is 4. The fraction of sp³-hybridized carbons (Fsp3) is 0.435. The molecule has 0 unspecified atom stereocenters. The summed E-state index contributed by atoms with van der Waals surface area (Å²) < 4.78 is 5.09. The molecule has 3 rings (SSSR count). The minimum Gasteiger partial charge on any atom is -0.456 e. The second-order valence-electron chi connectivity index (χ2n) is 7.88. The number of anilines is 2. The van der Waals surface area contributed by atoms with Gasteiger partial charge in [0, 0.05) is 50.8 Å². The van der Waals surface area contributed by atoms with Gasteiger partial charge in [0.25, 0.3) is 5.91 Å². The van der Waals surface area contributed by atoms with Crippen molar-refractivity contribution >= 4 is 29.4 Å². The van der Waals surface area contributed by atoms with Gasteiger partial charge in [-0.05, 0) is 31.0 Å². The highest BCUT2D eigenvalue weighted by Gasteiger charge is 2.23. The van der Waals surface area contributed by atoms with Gasteiger partial charge in [-0.1, -0.05) is 18.2 Å². The third-order valence-electron chi connectivity index (χ3n) is 5.37. The Hall–Kier alpha value is -3.53. The minimum absolute atomic E-state index is 0.0735. The highest BCUT2D eigenvalue weighted by Crippen LogP contribution is 2.19. The second-order valence-corrected chi connectivity index (χ2v) is 7.88. The van der Waals surface area contributed by atoms with Crippen molar-refractivity contribution in [1.82, 2.24) is 19.8 Å². The lowest BCUT2D eigenvalue weighted by Gasteiger charge is -2.34. The third-order valence-corrected chi connectivity index (χ3v) is 5.37. The molecule has 10 heteroatoms. The maximum Gasteiger partial charge on any atom is 0.308 e. The van der Waals surface area contributed by atoms with Gasteiger partial charge in [-0.3, -0.25) is 19.3 Å². The number of carbonyl (C=O) groups is 3. The number of ether oxygens (including phenoxy) is 1. The van der Waals surface area contributed by atoms with Crippen molar-refractivity contribution in [2.75, 3.05) is 56.5 Å². The molecule has 1 saturated heterocycles. The van der Waals surface area contributed by atoms with Crippen LogP contribution in [0, 0.1) is 13.8 Å². The Morgan fingerprint density at radius 2 is 1.67 bits per heavy atom. The van der Waals surface area contributed by atoms with Crippen LogP contribution in [-0.4, -0.2) is 83.4 Å². The lowest BCUT2D eigenvalue weighted by atomic mass is 10.1. The van der Waals surface area contributed by atoms with Crippen LogP contribution >= 0.6 is 0 Å². The molecule has 1 aliphatic rings. The predicted octanol–water partition coefficient (Wildman–Crippen LogP) is 1.22. The fourth-order valence-corrected chi connectivity index (χ4v) is 3.52. The molecule has 2 heterocycles. The Balaban J connectivity index is 1.32. The molecule has 0 aliphatic carbocycles. The summed E-state index contributed by atoms with van der Waals surface area (Å²) in [4.78, 5) is 48.3. The molecule has 2 aromatic rings. The number of carbonyl (C=O) groups excluding carboxylic acids is 3. The van der Waals surface area contributed by atoms with Crippen molar-refractivity contribution in [3.63, 3.8) is 0 Å². The minimum atomic E-state index is -0.464. The van der Waals surface area contributed by atoms with E-state index in [-0.39, 0.29) is 31.4 Å². The Labute approximate surface area is 193 Å². The zero-order valence-electron chi connectivity index (χ0n) is 19.0. The molecule has 0 saturated carbocycles. The first-order valence-corrected chi connectivity index (χ1v) is 10.9. The van der Waals surface area contributed by atoms with Crippen LogP contribution in [-0.2, 0) is 19.1 Å². The smallest absolute Gasteiger partial charge is 0.308 e. The van der Waals surface area contributed by atoms with E-state index >= 15 is 0 Å². The molecule has 10 nitrogen and oxygen atoms in total. The first kappa shape index (κ1) is 24.1. The first-order valence-electron chi connectivity index (χ1n) is 10.9. The van der Waals surface area contributed by atoms with E-state index in [4.69, 9.17) is 4.74 Å². The van der Waals surface area contributed by atoms with Gasteiger partial charge in [0.2, 0.25) is 11.9 Å². The van der Waals surface area contributed by atoms with Crippen molar-refractivity contribution in [2.45, 2.75) is 20.3 Å². The maximum absolute atomic E-state index is 12.5. The highest BCUT2D eigenvalue weighted by molar-refractivity contribution is 5.93. The SMILES string of the molecule is Cc1cccc(C)c1NC(=O)CN1CCN(C(=O)COC(=O)CCNc2ncccn2)CC1. The molecule has 0 radical (unpaired) electrons. The van der Waals surface area contributed by atoms with Crippen LogP contribution in [0.5, 0.6) is 0 Å². The molecule has 1 aliphatic heterocycles. The number of aromatic nitrogens is 2. The Kier molecular flexibility index (Phi) is 8.71. The van der Waals surface area contributed by atoms with Crippen LogP contribution in [0.15, 0.2) is 36.7 Å². The summed E-state index contributed by atoms with van der Waals surface area (Å²) in [6.07, 6.45) is 3.31. The molecule has 1 aromatic heterocycles. The van der Waals surface area contributed by atoms with E-state index in [2.05, 4.69) is 20.6 Å². The van der Waals surface area contributed by atoms with Gasteiger partial charge in [-0.2, -0.15) is 0 Å². The summed E-state index contributed by atoms with van der Waals surface area (Å²) in [5.41, 5.74) is 2.90. The van der Waals surface area contributed by atoms with Crippen molar-refractivity contribution in [2.24, 2.45) is 0 Å². The van der Waals surface area contributed by atoms with E-state index in [0.29, 0.717) is 38.7 Å². The molecule has 0 atom stereocenters. The van der Waals surface area contributed by atoms with Gasteiger partial charge in [0.05, 0.1) is 13.0 Å². The Morgan fingerprint density at radius 1 is 1.00 bits per heavy atom. The third kappa shape index (κ3) is 7.53. The van der Waals surface area contributed by atoms with E-state index in [1.807, 2.05) is 36.9 Å². The van der Waals surface area contributed by atoms with Crippen LogP contribution in [0.2, 0.25) is 0 Å². The summed E-state index contributed by atoms with van der Waals surface area (Å²) in [6, 6.07) is 7.60. The summed E-state index contributed by atoms with van der Waals surface area (Å²) in [7, 11) is 0. The average Bonchev–Trinajstić information content (AvgIpc) is 2.81. The molecular formula is C23H30N6O4. The van der Waals surface area contributed by atoms with Crippen molar-refractivity contribution in [3.05, 3.63) is 47.8 Å². The largest absolute Gasteiger partial charge is 0.456 e. The van der Waals surface area contributed by atoms with E-state index < -0.39 is 5.97 Å². The van der Waals surface area contributed by atoms with Gasteiger partial charge in [-0.15, -0.1) is 0 Å². The van der Waals surface area contributed by atoms with Crippen molar-refractivity contribution < 1.29 is 19.1 Å². The number of nitrogens with one attached hydrogen (secondary N) is 2. The lowest BCUT2D eigenvalue weighted by Crippen LogP contribution is -2.51. The standard InChI is InChI=1S/C23H30N6O4/c1-17-5-3-6-18(2)22(17)27-19(30)15-28-11-13-29(14-12-28)20(31)16-33-21(32)7-10-26-23-24-8-4-9-25-23/h3-6,8-9H,7,10-16H2,1-2H3,(H,27,30)(H,24,25,26). The number of rotatable bonds is 9. The second kappa shape index (κ2) is 11.9. The molecule has 1 aromatic carbocycles. The summed E-state index contributed by atoms with van der Waals surface area (Å²) in [5.74, 6) is -0.339. The molecule has 33 heavy (non-hydrogen) atoms. The number of esters is 1. The number of para-hydroxylation sites is 1. The summed E-state index contributed by atoms with van der Waals surface area (Å²) in [6.45, 7) is 6.38. The van der Waals surface area contributed by atoms with Crippen molar-refractivity contribution in [1.29, 1.82) is 0 Å². The molecule has 2 N–H and O–H groups in total. The Bertz CT molecular complexity index is 940. The maximum atomic E-state index is 12.5. The Morgan fingerprint density at radius 3 is 2.33 bits per heavy atom. The van der Waals surface area contributed by atoms with Gasteiger partial charge in [0.1, 0.15) is 0 Å². The van der Waals surface area contributed by atoms with Crippen LogP contribution in [0.1, 0.15) is 17.5 Å². The average molecular weight is 455 g/mol. The number of aryl methyl sites for hydroxylation is 2. The number of hydrogen-bond donors (Lipinski definition) is 2. The lowest BCUT2D eigenvalue weighted by molar-refractivity contribution is -0.152. The van der Waals surface area contributed by atoms with E-state index in [1.54, 1.807) is 23.4 Å². The van der Waals surface area contributed by atoms with E-state index in [1.165, 1.54) is 0 Å². The van der Waals surface area contributed by atoms with Crippen molar-refractivity contribution in [3.8, 4) is 0 Å². The van der Waals surface area contributed by atoms with Crippen LogP contribution < -0.4 is 10.6 Å². The molecule has 2 amide bonds. The summed E-state index contributed by atoms with van der Waals surface area (Å²) >= 11 is 0. The first-order chi connectivity index (χ1) is 15.9. The molecule has 0 bridgehead atoms. The quantitative estimate of drug-likeness (QED) is 0.544. The predicted molar refractivity (Wildman–Crippen MR) is 124 cm³/mol. The topological polar surface area (TPSA) is 117 Å². The normalized spacial score (nSPS) is 13.9. The van der Waals surface area contributed by atoms with E-state index in [0.717, 1.165) is 16.8 Å². The fourth-order valence-electron chi connectivity index (χ4n) is 3.52. The summed E-state index contributed by atoms with van der Waals surface area (Å²) in [5, 5.41) is 5.90. The zero-order valence-corrected chi connectivity index (χ0v) is 19.0. The van der Waals surface area contributed by atoms with E-state index in [9.17, 15) is 14.4 Å². The van der Waals surface area contributed by atoms with Crippen LogP contribution in [0.25, 0.3) is 0 Å². The highest BCUT2D eigenvalue weighted by atomic mass is 16.5.